The van der Waals surface area contributed by atoms with Gasteiger partial charge >= 0.3 is 0 Å². The fourth-order valence-electron chi connectivity index (χ4n) is 2.19. The van der Waals surface area contributed by atoms with Crippen LogP contribution < -0.4 is 10.1 Å². The second-order valence-electron chi connectivity index (χ2n) is 4.96. The number of ether oxygens (including phenoxy) is 2. The van der Waals surface area contributed by atoms with E-state index in [0.29, 0.717) is 29.9 Å². The van der Waals surface area contributed by atoms with Gasteiger partial charge in [0.1, 0.15) is 5.75 Å². The van der Waals surface area contributed by atoms with E-state index >= 15 is 0 Å². The Morgan fingerprint density at radius 2 is 2.30 bits per heavy atom. The average Bonchev–Trinajstić information content (AvgIpc) is 2.38. The highest BCUT2D eigenvalue weighted by atomic mass is 35.5. The fraction of sp³-hybridized carbons (Fsp3) is 0.467. The summed E-state index contributed by atoms with van der Waals surface area (Å²) >= 11 is 12.2. The summed E-state index contributed by atoms with van der Waals surface area (Å²) in [5.41, 5.74) is 2.05. The topological polar surface area (TPSA) is 30.5 Å². The molecule has 0 spiro atoms. The van der Waals surface area contributed by atoms with Crippen molar-refractivity contribution in [2.24, 2.45) is 0 Å². The Balaban J connectivity index is 1.93. The maximum absolute atomic E-state index is 6.16. The molecule has 1 aromatic rings. The SMILES string of the molecule is C=C(C)COCCNC1CCOc2c(Cl)cc(Cl)cc21. The Hall–Kier alpha value is -0.740. The summed E-state index contributed by atoms with van der Waals surface area (Å²) in [6.45, 7) is 8.42. The van der Waals surface area contributed by atoms with E-state index in [2.05, 4.69) is 11.9 Å². The van der Waals surface area contributed by atoms with Crippen molar-refractivity contribution < 1.29 is 9.47 Å². The van der Waals surface area contributed by atoms with Gasteiger partial charge in [0.25, 0.3) is 0 Å². The minimum Gasteiger partial charge on any atom is -0.492 e. The van der Waals surface area contributed by atoms with Crippen molar-refractivity contribution in [3.8, 4) is 5.75 Å². The predicted octanol–water partition coefficient (Wildman–Crippen LogP) is 4.00. The van der Waals surface area contributed by atoms with E-state index in [0.717, 1.165) is 29.9 Å². The van der Waals surface area contributed by atoms with Gasteiger partial charge in [0.15, 0.2) is 0 Å². The Morgan fingerprint density at radius 3 is 3.05 bits per heavy atom. The molecule has 1 aliphatic heterocycles. The highest BCUT2D eigenvalue weighted by Gasteiger charge is 2.23. The number of hydrogen-bond acceptors (Lipinski definition) is 3. The number of rotatable bonds is 6. The van der Waals surface area contributed by atoms with Gasteiger partial charge < -0.3 is 14.8 Å². The van der Waals surface area contributed by atoms with Crippen LogP contribution in [-0.4, -0.2) is 26.4 Å². The predicted molar refractivity (Wildman–Crippen MR) is 83.0 cm³/mol. The zero-order chi connectivity index (χ0) is 14.5. The number of hydrogen-bond donors (Lipinski definition) is 1. The van der Waals surface area contributed by atoms with Crippen LogP contribution in [0.2, 0.25) is 10.0 Å². The molecule has 3 nitrogen and oxygen atoms in total. The van der Waals surface area contributed by atoms with E-state index in [1.54, 1.807) is 6.07 Å². The normalized spacial score (nSPS) is 17.4. The van der Waals surface area contributed by atoms with Crippen LogP contribution in [0.15, 0.2) is 24.3 Å². The molecule has 2 rings (SSSR count). The molecular formula is C15H19Cl2NO2. The molecule has 1 heterocycles. The van der Waals surface area contributed by atoms with Crippen molar-refractivity contribution in [2.75, 3.05) is 26.4 Å². The van der Waals surface area contributed by atoms with Crippen LogP contribution in [0.25, 0.3) is 0 Å². The zero-order valence-electron chi connectivity index (χ0n) is 11.5. The summed E-state index contributed by atoms with van der Waals surface area (Å²) in [5, 5.41) is 4.65. The molecule has 1 aliphatic rings. The van der Waals surface area contributed by atoms with Crippen LogP contribution in [0.1, 0.15) is 24.9 Å². The molecule has 1 unspecified atom stereocenters. The molecule has 0 aliphatic carbocycles. The standard InChI is InChI=1S/C15H19Cl2NO2/c1-10(2)9-19-6-4-18-14-3-5-20-15-12(14)7-11(16)8-13(15)17/h7-8,14,18H,1,3-6,9H2,2H3. The highest BCUT2D eigenvalue weighted by molar-refractivity contribution is 6.35. The monoisotopic (exact) mass is 315 g/mol. The lowest BCUT2D eigenvalue weighted by Gasteiger charge is -2.27. The second kappa shape index (κ2) is 7.32. The fourth-order valence-corrected chi connectivity index (χ4v) is 2.75. The number of halogens is 2. The number of benzene rings is 1. The van der Waals surface area contributed by atoms with Gasteiger partial charge in [-0.25, -0.2) is 0 Å². The van der Waals surface area contributed by atoms with E-state index in [1.165, 1.54) is 0 Å². The van der Waals surface area contributed by atoms with Crippen LogP contribution in [0, 0.1) is 0 Å². The molecule has 20 heavy (non-hydrogen) atoms. The molecule has 0 amide bonds. The zero-order valence-corrected chi connectivity index (χ0v) is 13.1. The second-order valence-corrected chi connectivity index (χ2v) is 5.80. The molecule has 0 fully saturated rings. The first-order valence-corrected chi connectivity index (χ1v) is 7.41. The molecule has 5 heteroatoms. The van der Waals surface area contributed by atoms with Gasteiger partial charge in [-0.05, 0) is 19.1 Å². The Morgan fingerprint density at radius 1 is 1.50 bits per heavy atom. The van der Waals surface area contributed by atoms with Gasteiger partial charge in [0.2, 0.25) is 0 Å². The van der Waals surface area contributed by atoms with Crippen LogP contribution >= 0.6 is 23.2 Å². The van der Waals surface area contributed by atoms with E-state index in [9.17, 15) is 0 Å². The van der Waals surface area contributed by atoms with Gasteiger partial charge in [0, 0.05) is 29.6 Å². The molecular weight excluding hydrogens is 297 g/mol. The molecule has 0 aromatic heterocycles. The summed E-state index contributed by atoms with van der Waals surface area (Å²) in [6, 6.07) is 3.82. The summed E-state index contributed by atoms with van der Waals surface area (Å²) in [6.07, 6.45) is 0.893. The molecule has 0 saturated heterocycles. The summed E-state index contributed by atoms with van der Waals surface area (Å²) < 4.78 is 11.1. The Labute approximate surface area is 129 Å². The molecule has 0 saturated carbocycles. The maximum Gasteiger partial charge on any atom is 0.142 e. The molecule has 110 valence electrons. The van der Waals surface area contributed by atoms with Crippen molar-refractivity contribution in [1.82, 2.24) is 5.32 Å². The minimum atomic E-state index is 0.198. The average molecular weight is 316 g/mol. The summed E-state index contributed by atoms with van der Waals surface area (Å²) in [7, 11) is 0. The largest absolute Gasteiger partial charge is 0.492 e. The Bertz CT molecular complexity index is 491. The van der Waals surface area contributed by atoms with Gasteiger partial charge in [0.05, 0.1) is 24.8 Å². The van der Waals surface area contributed by atoms with Crippen LogP contribution in [0.5, 0.6) is 5.75 Å². The smallest absolute Gasteiger partial charge is 0.142 e. The third-order valence-corrected chi connectivity index (χ3v) is 3.55. The van der Waals surface area contributed by atoms with Crippen molar-refractivity contribution in [1.29, 1.82) is 0 Å². The number of fused-ring (bicyclic) bond motifs is 1. The third kappa shape index (κ3) is 4.13. The summed E-state index contributed by atoms with van der Waals surface area (Å²) in [5.74, 6) is 0.739. The van der Waals surface area contributed by atoms with Crippen LogP contribution in [0.4, 0.5) is 0 Å². The van der Waals surface area contributed by atoms with Gasteiger partial charge in [-0.15, -0.1) is 0 Å². The van der Waals surface area contributed by atoms with Gasteiger partial charge in [-0.1, -0.05) is 35.4 Å². The molecule has 1 N–H and O–H groups in total. The van der Waals surface area contributed by atoms with E-state index in [-0.39, 0.29) is 6.04 Å². The highest BCUT2D eigenvalue weighted by Crippen LogP contribution is 2.39. The van der Waals surface area contributed by atoms with E-state index < -0.39 is 0 Å². The molecule has 0 bridgehead atoms. The van der Waals surface area contributed by atoms with Crippen LogP contribution in [-0.2, 0) is 4.74 Å². The lowest BCUT2D eigenvalue weighted by Crippen LogP contribution is -2.30. The first kappa shape index (κ1) is 15.6. The molecule has 1 aromatic carbocycles. The van der Waals surface area contributed by atoms with Crippen LogP contribution in [0.3, 0.4) is 0 Å². The Kier molecular flexibility index (Phi) is 5.73. The lowest BCUT2D eigenvalue weighted by atomic mass is 10.0. The van der Waals surface area contributed by atoms with Crippen molar-refractivity contribution in [2.45, 2.75) is 19.4 Å². The maximum atomic E-state index is 6.16. The van der Waals surface area contributed by atoms with E-state index in [4.69, 9.17) is 32.7 Å². The molecule has 1 atom stereocenters. The first-order valence-electron chi connectivity index (χ1n) is 6.65. The van der Waals surface area contributed by atoms with Crippen molar-refractivity contribution in [3.63, 3.8) is 0 Å². The number of nitrogens with one attached hydrogen (secondary N) is 1. The van der Waals surface area contributed by atoms with Gasteiger partial charge in [-0.2, -0.15) is 0 Å². The lowest BCUT2D eigenvalue weighted by molar-refractivity contribution is 0.151. The minimum absolute atomic E-state index is 0.198. The summed E-state index contributed by atoms with van der Waals surface area (Å²) in [4.78, 5) is 0. The van der Waals surface area contributed by atoms with Crippen molar-refractivity contribution >= 4 is 23.2 Å². The van der Waals surface area contributed by atoms with E-state index in [1.807, 2.05) is 13.0 Å². The third-order valence-electron chi connectivity index (χ3n) is 3.05. The van der Waals surface area contributed by atoms with Gasteiger partial charge in [-0.3, -0.25) is 0 Å². The van der Waals surface area contributed by atoms with Crippen molar-refractivity contribution in [3.05, 3.63) is 39.9 Å². The molecule has 0 radical (unpaired) electrons. The quantitative estimate of drug-likeness (QED) is 0.636. The first-order chi connectivity index (χ1) is 9.58.